The molecule has 120 valence electrons. The molecule has 1 amide bonds. The molecule has 2 aromatic rings. The molecule has 0 unspecified atom stereocenters. The Kier molecular flexibility index (Phi) is 4.72. The highest BCUT2D eigenvalue weighted by molar-refractivity contribution is 5.74. The van der Waals surface area contributed by atoms with Crippen molar-refractivity contribution in [2.75, 3.05) is 19.6 Å². The average Bonchev–Trinajstić information content (AvgIpc) is 2.55. The maximum absolute atomic E-state index is 12.0. The predicted octanol–water partition coefficient (Wildman–Crippen LogP) is 2.80. The average molecular weight is 309 g/mol. The lowest BCUT2D eigenvalue weighted by Gasteiger charge is -2.41. The number of carbonyl (C=O) groups is 1. The third kappa shape index (κ3) is 3.77. The molecule has 1 fully saturated rings. The molecule has 0 radical (unpaired) electrons. The van der Waals surface area contributed by atoms with Crippen LogP contribution in [0.15, 0.2) is 48.5 Å². The van der Waals surface area contributed by atoms with Crippen LogP contribution in [-0.4, -0.2) is 40.3 Å². The summed E-state index contributed by atoms with van der Waals surface area (Å²) in [5, 5.41) is 0. The Morgan fingerprint density at radius 3 is 2.61 bits per heavy atom. The fraction of sp³-hybridized carbons (Fsp3) is 0.368. The summed E-state index contributed by atoms with van der Waals surface area (Å²) in [6.07, 6.45) is 0. The lowest BCUT2D eigenvalue weighted by molar-refractivity contribution is -0.134. The molecule has 4 heteroatoms. The van der Waals surface area contributed by atoms with Crippen LogP contribution < -0.4 is 0 Å². The van der Waals surface area contributed by atoms with Gasteiger partial charge in [-0.2, -0.15) is 0 Å². The van der Waals surface area contributed by atoms with Crippen molar-refractivity contribution in [3.63, 3.8) is 0 Å². The molecule has 0 aliphatic carbocycles. The predicted molar refractivity (Wildman–Crippen MR) is 90.8 cm³/mol. The SMILES string of the molecule is CC(=O)N1CCN(Cc2cccc(C)n2)C[C@@H]1c1ccccc1. The first-order valence-corrected chi connectivity index (χ1v) is 8.10. The van der Waals surface area contributed by atoms with Crippen molar-refractivity contribution in [1.82, 2.24) is 14.8 Å². The number of rotatable bonds is 3. The minimum Gasteiger partial charge on any atom is -0.333 e. The third-order valence-corrected chi connectivity index (χ3v) is 4.38. The number of carbonyl (C=O) groups excluding carboxylic acids is 1. The molecule has 0 saturated carbocycles. The van der Waals surface area contributed by atoms with Gasteiger partial charge in [-0.3, -0.25) is 14.7 Å². The molecule has 0 bridgehead atoms. The number of hydrogen-bond acceptors (Lipinski definition) is 3. The third-order valence-electron chi connectivity index (χ3n) is 4.38. The molecule has 23 heavy (non-hydrogen) atoms. The van der Waals surface area contributed by atoms with Crippen molar-refractivity contribution in [2.45, 2.75) is 26.4 Å². The zero-order valence-corrected chi connectivity index (χ0v) is 13.8. The molecule has 0 spiro atoms. The van der Waals surface area contributed by atoms with E-state index in [0.29, 0.717) is 0 Å². The summed E-state index contributed by atoms with van der Waals surface area (Å²) in [4.78, 5) is 21.0. The van der Waals surface area contributed by atoms with Crippen molar-refractivity contribution < 1.29 is 4.79 Å². The Balaban J connectivity index is 1.77. The molecule has 1 atom stereocenters. The fourth-order valence-electron chi connectivity index (χ4n) is 3.24. The fourth-order valence-corrected chi connectivity index (χ4v) is 3.24. The van der Waals surface area contributed by atoms with E-state index in [0.717, 1.165) is 37.6 Å². The van der Waals surface area contributed by atoms with Crippen LogP contribution in [-0.2, 0) is 11.3 Å². The van der Waals surface area contributed by atoms with Crippen LogP contribution in [0.25, 0.3) is 0 Å². The van der Waals surface area contributed by atoms with E-state index in [1.807, 2.05) is 36.1 Å². The molecular weight excluding hydrogens is 286 g/mol. The molecule has 4 nitrogen and oxygen atoms in total. The second kappa shape index (κ2) is 6.92. The van der Waals surface area contributed by atoms with Crippen LogP contribution in [0.1, 0.15) is 29.9 Å². The second-order valence-corrected chi connectivity index (χ2v) is 6.14. The quantitative estimate of drug-likeness (QED) is 0.875. The van der Waals surface area contributed by atoms with Gasteiger partial charge >= 0.3 is 0 Å². The summed E-state index contributed by atoms with van der Waals surface area (Å²) < 4.78 is 0. The van der Waals surface area contributed by atoms with E-state index in [1.165, 1.54) is 5.56 Å². The van der Waals surface area contributed by atoms with Gasteiger partial charge in [-0.25, -0.2) is 0 Å². The summed E-state index contributed by atoms with van der Waals surface area (Å²) in [5.41, 5.74) is 3.34. The molecular formula is C19H23N3O. The standard InChI is InChI=1S/C19H23N3O/c1-15-7-6-10-18(20-15)13-21-11-12-22(16(2)23)19(14-21)17-8-4-3-5-9-17/h3-10,19H,11-14H2,1-2H3/t19-/m1/s1. The Bertz CT molecular complexity index is 671. The normalized spacial score (nSPS) is 18.9. The first-order valence-electron chi connectivity index (χ1n) is 8.10. The van der Waals surface area contributed by atoms with Crippen LogP contribution in [0.4, 0.5) is 0 Å². The van der Waals surface area contributed by atoms with Crippen LogP contribution >= 0.6 is 0 Å². The molecule has 3 rings (SSSR count). The number of piperazine rings is 1. The first-order chi connectivity index (χ1) is 11.1. The van der Waals surface area contributed by atoms with Gasteiger partial charge in [0.2, 0.25) is 5.91 Å². The Labute approximate surface area is 137 Å². The summed E-state index contributed by atoms with van der Waals surface area (Å²) in [6.45, 7) is 7.01. The zero-order chi connectivity index (χ0) is 16.2. The van der Waals surface area contributed by atoms with E-state index < -0.39 is 0 Å². The van der Waals surface area contributed by atoms with Crippen molar-refractivity contribution in [1.29, 1.82) is 0 Å². The van der Waals surface area contributed by atoms with Crippen molar-refractivity contribution >= 4 is 5.91 Å². The zero-order valence-electron chi connectivity index (χ0n) is 13.8. The van der Waals surface area contributed by atoms with E-state index in [9.17, 15) is 4.79 Å². The summed E-state index contributed by atoms with van der Waals surface area (Å²) in [7, 11) is 0. The van der Waals surface area contributed by atoms with Gasteiger partial charge in [-0.1, -0.05) is 36.4 Å². The molecule has 1 aliphatic rings. The number of benzene rings is 1. The molecule has 1 saturated heterocycles. The molecule has 1 aliphatic heterocycles. The number of aryl methyl sites for hydroxylation is 1. The molecule has 1 aromatic heterocycles. The molecule has 2 heterocycles. The van der Waals surface area contributed by atoms with Gasteiger partial charge in [0, 0.05) is 38.8 Å². The van der Waals surface area contributed by atoms with Gasteiger partial charge in [0.1, 0.15) is 0 Å². The van der Waals surface area contributed by atoms with Crippen LogP contribution in [0.3, 0.4) is 0 Å². The Morgan fingerprint density at radius 1 is 1.13 bits per heavy atom. The highest BCUT2D eigenvalue weighted by Gasteiger charge is 2.29. The number of pyridine rings is 1. The van der Waals surface area contributed by atoms with Crippen molar-refractivity contribution in [3.05, 3.63) is 65.5 Å². The Hall–Kier alpha value is -2.20. The Morgan fingerprint density at radius 2 is 1.91 bits per heavy atom. The van der Waals surface area contributed by atoms with Crippen LogP contribution in [0, 0.1) is 6.92 Å². The highest BCUT2D eigenvalue weighted by Crippen LogP contribution is 2.26. The summed E-state index contributed by atoms with van der Waals surface area (Å²) in [5.74, 6) is 0.146. The maximum Gasteiger partial charge on any atom is 0.220 e. The minimum absolute atomic E-state index is 0.118. The van der Waals surface area contributed by atoms with Crippen LogP contribution in [0.2, 0.25) is 0 Å². The maximum atomic E-state index is 12.0. The highest BCUT2D eigenvalue weighted by atomic mass is 16.2. The summed E-state index contributed by atoms with van der Waals surface area (Å²) in [6, 6.07) is 16.6. The van der Waals surface area contributed by atoms with Gasteiger partial charge in [0.25, 0.3) is 0 Å². The molecule has 0 N–H and O–H groups in total. The van der Waals surface area contributed by atoms with Gasteiger partial charge in [0.05, 0.1) is 11.7 Å². The van der Waals surface area contributed by atoms with Gasteiger partial charge < -0.3 is 4.90 Å². The number of aromatic nitrogens is 1. The van der Waals surface area contributed by atoms with Crippen molar-refractivity contribution in [3.8, 4) is 0 Å². The van der Waals surface area contributed by atoms with Gasteiger partial charge in [-0.15, -0.1) is 0 Å². The monoisotopic (exact) mass is 309 g/mol. The van der Waals surface area contributed by atoms with E-state index >= 15 is 0 Å². The topological polar surface area (TPSA) is 36.4 Å². The van der Waals surface area contributed by atoms with E-state index in [-0.39, 0.29) is 11.9 Å². The van der Waals surface area contributed by atoms with E-state index in [1.54, 1.807) is 6.92 Å². The lowest BCUT2D eigenvalue weighted by atomic mass is 10.0. The second-order valence-electron chi connectivity index (χ2n) is 6.14. The van der Waals surface area contributed by atoms with Crippen LogP contribution in [0.5, 0.6) is 0 Å². The summed E-state index contributed by atoms with van der Waals surface area (Å²) >= 11 is 0. The number of amides is 1. The van der Waals surface area contributed by atoms with E-state index in [4.69, 9.17) is 0 Å². The van der Waals surface area contributed by atoms with Crippen molar-refractivity contribution in [2.24, 2.45) is 0 Å². The van der Waals surface area contributed by atoms with Gasteiger partial charge in [-0.05, 0) is 24.6 Å². The molecule has 1 aromatic carbocycles. The minimum atomic E-state index is 0.118. The first kappa shape index (κ1) is 15.7. The largest absolute Gasteiger partial charge is 0.333 e. The number of hydrogen-bond donors (Lipinski definition) is 0. The number of nitrogens with zero attached hydrogens (tertiary/aromatic N) is 3. The van der Waals surface area contributed by atoms with Gasteiger partial charge in [0.15, 0.2) is 0 Å². The lowest BCUT2D eigenvalue weighted by Crippen LogP contribution is -2.49. The van der Waals surface area contributed by atoms with E-state index in [2.05, 4.69) is 34.1 Å². The smallest absolute Gasteiger partial charge is 0.220 e.